The number of rotatable bonds is 3. The average molecular weight is 206 g/mol. The van der Waals surface area contributed by atoms with E-state index in [9.17, 15) is 4.79 Å². The zero-order valence-electron chi connectivity index (χ0n) is 10.4. The van der Waals surface area contributed by atoms with Crippen LogP contribution in [0.3, 0.4) is 0 Å². The third kappa shape index (κ3) is 2.02. The van der Waals surface area contributed by atoms with Crippen LogP contribution in [-0.2, 0) is 4.79 Å². The van der Waals surface area contributed by atoms with Crippen LogP contribution in [0.15, 0.2) is 11.1 Å². The van der Waals surface area contributed by atoms with Gasteiger partial charge in [0, 0.05) is 6.42 Å². The van der Waals surface area contributed by atoms with Crippen molar-refractivity contribution in [2.24, 2.45) is 17.3 Å². The van der Waals surface area contributed by atoms with Gasteiger partial charge in [-0.15, -0.1) is 0 Å². The predicted octanol–water partition coefficient (Wildman–Crippen LogP) is 3.74. The van der Waals surface area contributed by atoms with Crippen LogP contribution >= 0.6 is 0 Å². The summed E-state index contributed by atoms with van der Waals surface area (Å²) in [6.07, 6.45) is 4.46. The first-order valence-corrected chi connectivity index (χ1v) is 6.11. The molecule has 2 aliphatic rings. The second-order valence-corrected chi connectivity index (χ2v) is 6.05. The first kappa shape index (κ1) is 10.9. The number of fused-ring (bicyclic) bond motifs is 1. The summed E-state index contributed by atoms with van der Waals surface area (Å²) in [4.78, 5) is 11.1. The van der Waals surface area contributed by atoms with Crippen molar-refractivity contribution in [2.75, 3.05) is 0 Å². The normalized spacial score (nSPS) is 32.5. The highest BCUT2D eigenvalue weighted by Crippen LogP contribution is 2.58. The lowest BCUT2D eigenvalue weighted by Gasteiger charge is -2.34. The van der Waals surface area contributed by atoms with Crippen molar-refractivity contribution in [2.45, 2.75) is 53.4 Å². The summed E-state index contributed by atoms with van der Waals surface area (Å²) in [5.41, 5.74) is 3.53. The highest BCUT2D eigenvalue weighted by Gasteiger charge is 2.47. The zero-order chi connectivity index (χ0) is 11.2. The van der Waals surface area contributed by atoms with Crippen molar-refractivity contribution in [1.29, 1.82) is 0 Å². The van der Waals surface area contributed by atoms with E-state index in [-0.39, 0.29) is 0 Å². The molecule has 1 nitrogen and oxygen atoms in total. The molecule has 0 radical (unpaired) electrons. The number of ketones is 1. The summed E-state index contributed by atoms with van der Waals surface area (Å²) >= 11 is 0. The second kappa shape index (κ2) is 3.47. The van der Waals surface area contributed by atoms with Crippen LogP contribution in [0.5, 0.6) is 0 Å². The van der Waals surface area contributed by atoms with Gasteiger partial charge in [0.15, 0.2) is 0 Å². The minimum absolute atomic E-state index is 0.323. The van der Waals surface area contributed by atoms with E-state index < -0.39 is 0 Å². The van der Waals surface area contributed by atoms with Gasteiger partial charge in [-0.2, -0.15) is 0 Å². The molecule has 0 spiro atoms. The summed E-state index contributed by atoms with van der Waals surface area (Å²) in [6, 6.07) is 0. The molecule has 0 aromatic rings. The number of allylic oxidation sites excluding steroid dienone is 2. The molecule has 84 valence electrons. The van der Waals surface area contributed by atoms with Gasteiger partial charge in [0.2, 0.25) is 0 Å². The monoisotopic (exact) mass is 206 g/mol. The molecule has 2 aliphatic carbocycles. The van der Waals surface area contributed by atoms with E-state index in [1.54, 1.807) is 18.1 Å². The molecule has 0 aromatic carbocycles. The van der Waals surface area contributed by atoms with Crippen LogP contribution in [0.2, 0.25) is 0 Å². The van der Waals surface area contributed by atoms with E-state index in [0.29, 0.717) is 11.2 Å². The fourth-order valence-corrected chi connectivity index (χ4v) is 3.38. The molecule has 0 amide bonds. The lowest BCUT2D eigenvalue weighted by molar-refractivity contribution is -0.117. The Morgan fingerprint density at radius 1 is 1.47 bits per heavy atom. The molecule has 15 heavy (non-hydrogen) atoms. The molecule has 2 rings (SSSR count). The average Bonchev–Trinajstić information content (AvgIpc) is 2.80. The van der Waals surface area contributed by atoms with Crippen LogP contribution < -0.4 is 0 Å². The number of carbonyl (C=O) groups excluding carboxylic acids is 1. The third-order valence-electron chi connectivity index (χ3n) is 4.27. The van der Waals surface area contributed by atoms with E-state index in [1.165, 1.54) is 12.8 Å². The Labute approximate surface area is 92.9 Å². The maximum absolute atomic E-state index is 11.1. The van der Waals surface area contributed by atoms with Gasteiger partial charge < -0.3 is 4.79 Å². The molecule has 2 atom stereocenters. The number of hydrogen-bond donors (Lipinski definition) is 0. The molecule has 2 unspecified atom stereocenters. The van der Waals surface area contributed by atoms with Crippen molar-refractivity contribution in [3.63, 3.8) is 0 Å². The summed E-state index contributed by atoms with van der Waals surface area (Å²) < 4.78 is 0. The van der Waals surface area contributed by atoms with Gasteiger partial charge >= 0.3 is 0 Å². The lowest BCUT2D eigenvalue weighted by atomic mass is 9.71. The predicted molar refractivity (Wildman–Crippen MR) is 62.6 cm³/mol. The molecular formula is C14H22O. The summed E-state index contributed by atoms with van der Waals surface area (Å²) in [5.74, 6) is 2.16. The van der Waals surface area contributed by atoms with E-state index >= 15 is 0 Å². The Bertz CT molecular complexity index is 322. The van der Waals surface area contributed by atoms with Crippen LogP contribution in [0.25, 0.3) is 0 Å². The first-order chi connectivity index (χ1) is 6.92. The maximum Gasteiger partial charge on any atom is 0.130 e. The standard InChI is InChI=1S/C14H22O/c1-9(15)5-6-13-10(2)12-7-11(12)8-14(13,3)4/h11-12H,5-8H2,1-4H3. The third-order valence-corrected chi connectivity index (χ3v) is 4.27. The van der Waals surface area contributed by atoms with Crippen molar-refractivity contribution in [3.05, 3.63) is 11.1 Å². The Balaban J connectivity index is 2.17. The van der Waals surface area contributed by atoms with E-state index in [1.807, 2.05) is 0 Å². The second-order valence-electron chi connectivity index (χ2n) is 6.05. The molecule has 1 heteroatoms. The van der Waals surface area contributed by atoms with Crippen molar-refractivity contribution >= 4 is 5.78 Å². The van der Waals surface area contributed by atoms with E-state index in [4.69, 9.17) is 0 Å². The molecule has 0 bridgehead atoms. The van der Waals surface area contributed by atoms with E-state index in [2.05, 4.69) is 20.8 Å². The fourth-order valence-electron chi connectivity index (χ4n) is 3.38. The van der Waals surface area contributed by atoms with Gasteiger partial charge in [-0.05, 0) is 50.4 Å². The van der Waals surface area contributed by atoms with Gasteiger partial charge in [-0.25, -0.2) is 0 Å². The summed E-state index contributed by atoms with van der Waals surface area (Å²) in [7, 11) is 0. The lowest BCUT2D eigenvalue weighted by Crippen LogP contribution is -2.22. The van der Waals surface area contributed by atoms with Gasteiger partial charge in [0.05, 0.1) is 0 Å². The maximum atomic E-state index is 11.1. The van der Waals surface area contributed by atoms with Crippen molar-refractivity contribution in [1.82, 2.24) is 0 Å². The van der Waals surface area contributed by atoms with Gasteiger partial charge in [-0.1, -0.05) is 25.0 Å². The molecule has 1 fully saturated rings. The highest BCUT2D eigenvalue weighted by molar-refractivity contribution is 5.75. The number of hydrogen-bond acceptors (Lipinski definition) is 1. The molecule has 0 N–H and O–H groups in total. The quantitative estimate of drug-likeness (QED) is 0.643. The zero-order valence-corrected chi connectivity index (χ0v) is 10.4. The molecular weight excluding hydrogens is 184 g/mol. The minimum Gasteiger partial charge on any atom is -0.300 e. The Hall–Kier alpha value is -0.590. The smallest absolute Gasteiger partial charge is 0.130 e. The van der Waals surface area contributed by atoms with E-state index in [0.717, 1.165) is 24.7 Å². The molecule has 0 aromatic heterocycles. The Morgan fingerprint density at radius 2 is 2.13 bits per heavy atom. The first-order valence-electron chi connectivity index (χ1n) is 6.11. The molecule has 0 aliphatic heterocycles. The van der Waals surface area contributed by atoms with Crippen LogP contribution in [0, 0.1) is 17.3 Å². The van der Waals surface area contributed by atoms with Crippen molar-refractivity contribution < 1.29 is 4.79 Å². The topological polar surface area (TPSA) is 17.1 Å². The Kier molecular flexibility index (Phi) is 2.52. The highest BCUT2D eigenvalue weighted by atomic mass is 16.1. The van der Waals surface area contributed by atoms with Gasteiger partial charge in [0.1, 0.15) is 5.78 Å². The largest absolute Gasteiger partial charge is 0.300 e. The van der Waals surface area contributed by atoms with Crippen LogP contribution in [-0.4, -0.2) is 5.78 Å². The number of carbonyl (C=O) groups is 1. The fraction of sp³-hybridized carbons (Fsp3) is 0.786. The van der Waals surface area contributed by atoms with Crippen LogP contribution in [0.1, 0.15) is 53.4 Å². The molecule has 0 heterocycles. The Morgan fingerprint density at radius 3 is 2.73 bits per heavy atom. The van der Waals surface area contributed by atoms with Gasteiger partial charge in [0.25, 0.3) is 0 Å². The summed E-state index contributed by atoms with van der Waals surface area (Å²) in [6.45, 7) is 8.69. The van der Waals surface area contributed by atoms with Crippen LogP contribution in [0.4, 0.5) is 0 Å². The molecule has 0 saturated heterocycles. The van der Waals surface area contributed by atoms with Gasteiger partial charge in [-0.3, -0.25) is 0 Å². The molecule has 1 saturated carbocycles. The SMILES string of the molecule is CC(=O)CCC1=C(C)C2CC2CC1(C)C. The minimum atomic E-state index is 0.323. The summed E-state index contributed by atoms with van der Waals surface area (Å²) in [5, 5.41) is 0. The number of Topliss-reactive ketones (excluding diaryl/α,β-unsaturated/α-hetero) is 1. The van der Waals surface area contributed by atoms with Crippen molar-refractivity contribution in [3.8, 4) is 0 Å².